The van der Waals surface area contributed by atoms with E-state index in [1.54, 1.807) is 17.0 Å². The highest BCUT2D eigenvalue weighted by Gasteiger charge is 2.44. The Morgan fingerprint density at radius 1 is 0.967 bits per heavy atom. The highest BCUT2D eigenvalue weighted by molar-refractivity contribution is 5.99. The van der Waals surface area contributed by atoms with Gasteiger partial charge in [0.15, 0.2) is 11.5 Å². The van der Waals surface area contributed by atoms with Crippen molar-refractivity contribution in [3.05, 3.63) is 42.5 Å². The average Bonchev–Trinajstić information content (AvgIpc) is 3.37. The van der Waals surface area contributed by atoms with Crippen LogP contribution >= 0.6 is 0 Å². The van der Waals surface area contributed by atoms with E-state index in [9.17, 15) is 9.59 Å². The first kappa shape index (κ1) is 18.8. The zero-order valence-electron chi connectivity index (χ0n) is 16.7. The number of fused-ring (bicyclic) bond motifs is 2. The fourth-order valence-electron chi connectivity index (χ4n) is 4.30. The second-order valence-corrected chi connectivity index (χ2v) is 7.89. The second-order valence-electron chi connectivity index (χ2n) is 7.89. The van der Waals surface area contributed by atoms with Crippen LogP contribution in [-0.2, 0) is 9.59 Å². The van der Waals surface area contributed by atoms with Gasteiger partial charge in [0.1, 0.15) is 12.4 Å². The summed E-state index contributed by atoms with van der Waals surface area (Å²) >= 11 is 0. The van der Waals surface area contributed by atoms with Crippen molar-refractivity contribution >= 4 is 23.2 Å². The van der Waals surface area contributed by atoms with Gasteiger partial charge >= 0.3 is 0 Å². The molecule has 5 rings (SSSR count). The summed E-state index contributed by atoms with van der Waals surface area (Å²) in [6, 6.07) is 12.9. The van der Waals surface area contributed by atoms with E-state index in [2.05, 4.69) is 5.32 Å². The number of amides is 2. The molecule has 0 atom stereocenters. The Morgan fingerprint density at radius 2 is 1.77 bits per heavy atom. The maximum atomic E-state index is 12.7. The van der Waals surface area contributed by atoms with Gasteiger partial charge in [-0.2, -0.15) is 0 Å². The van der Waals surface area contributed by atoms with Crippen LogP contribution in [0.2, 0.25) is 0 Å². The van der Waals surface area contributed by atoms with E-state index in [1.165, 1.54) is 0 Å². The molecule has 1 spiro atoms. The standard InChI is InChI=1S/C23H24N2O5/c26-21(9-10-22(27)25-13-14-28-18-6-2-1-5-17(18)25)24-16-7-8-19-20(15-16)30-23(29-19)11-3-4-12-23/h1-2,5-8,15H,3-4,9-14H2,(H,24,26). The summed E-state index contributed by atoms with van der Waals surface area (Å²) in [4.78, 5) is 26.8. The molecule has 3 aliphatic rings. The maximum absolute atomic E-state index is 12.7. The molecule has 0 radical (unpaired) electrons. The first-order valence-electron chi connectivity index (χ1n) is 10.5. The van der Waals surface area contributed by atoms with Crippen LogP contribution in [0, 0.1) is 0 Å². The van der Waals surface area contributed by atoms with Gasteiger partial charge in [0.2, 0.25) is 11.8 Å². The van der Waals surface area contributed by atoms with E-state index in [0.717, 1.165) is 37.1 Å². The number of carbonyl (C=O) groups is 2. The summed E-state index contributed by atoms with van der Waals surface area (Å²) < 4.78 is 17.6. The molecule has 2 heterocycles. The predicted octanol–water partition coefficient (Wildman–Crippen LogP) is 3.87. The summed E-state index contributed by atoms with van der Waals surface area (Å²) in [6.07, 6.45) is 4.20. The zero-order chi connectivity index (χ0) is 20.6. The first-order valence-corrected chi connectivity index (χ1v) is 10.5. The van der Waals surface area contributed by atoms with Crippen LogP contribution in [0.5, 0.6) is 17.2 Å². The van der Waals surface area contributed by atoms with Crippen molar-refractivity contribution in [3.63, 3.8) is 0 Å². The molecule has 156 valence electrons. The number of nitrogens with one attached hydrogen (secondary N) is 1. The van der Waals surface area contributed by atoms with Crippen LogP contribution in [0.15, 0.2) is 42.5 Å². The molecular weight excluding hydrogens is 384 g/mol. The number of benzene rings is 2. The van der Waals surface area contributed by atoms with Gasteiger partial charge in [-0.15, -0.1) is 0 Å². The van der Waals surface area contributed by atoms with Crippen molar-refractivity contribution in [1.29, 1.82) is 0 Å². The molecular formula is C23H24N2O5. The molecule has 2 aromatic carbocycles. The fourth-order valence-corrected chi connectivity index (χ4v) is 4.30. The van der Waals surface area contributed by atoms with E-state index in [-0.39, 0.29) is 24.7 Å². The van der Waals surface area contributed by atoms with Gasteiger partial charge in [0.25, 0.3) is 5.79 Å². The summed E-state index contributed by atoms with van der Waals surface area (Å²) in [6.45, 7) is 0.939. The number of nitrogens with zero attached hydrogens (tertiary/aromatic N) is 1. The number of ether oxygens (including phenoxy) is 3. The molecule has 1 saturated carbocycles. The lowest BCUT2D eigenvalue weighted by atomic mass is 10.2. The lowest BCUT2D eigenvalue weighted by Crippen LogP contribution is -2.38. The quantitative estimate of drug-likeness (QED) is 0.831. The van der Waals surface area contributed by atoms with E-state index in [4.69, 9.17) is 14.2 Å². The van der Waals surface area contributed by atoms with E-state index >= 15 is 0 Å². The number of hydrogen-bond acceptors (Lipinski definition) is 5. The third kappa shape index (κ3) is 3.56. The highest BCUT2D eigenvalue weighted by atomic mass is 16.7. The van der Waals surface area contributed by atoms with Gasteiger partial charge < -0.3 is 24.4 Å². The van der Waals surface area contributed by atoms with Gasteiger partial charge in [0.05, 0.1) is 12.2 Å². The van der Waals surface area contributed by atoms with E-state index in [0.29, 0.717) is 30.3 Å². The van der Waals surface area contributed by atoms with E-state index < -0.39 is 5.79 Å². The molecule has 7 heteroatoms. The Morgan fingerprint density at radius 3 is 2.63 bits per heavy atom. The van der Waals surface area contributed by atoms with Crippen molar-refractivity contribution in [2.45, 2.75) is 44.3 Å². The van der Waals surface area contributed by atoms with Gasteiger partial charge in [-0.25, -0.2) is 0 Å². The molecule has 30 heavy (non-hydrogen) atoms. The van der Waals surface area contributed by atoms with Crippen molar-refractivity contribution < 1.29 is 23.8 Å². The summed E-state index contributed by atoms with van der Waals surface area (Å²) in [5.74, 6) is 1.26. The third-order valence-corrected chi connectivity index (χ3v) is 5.78. The van der Waals surface area contributed by atoms with Crippen molar-refractivity contribution in [3.8, 4) is 17.2 Å². The molecule has 2 aliphatic heterocycles. The van der Waals surface area contributed by atoms with Crippen LogP contribution in [0.3, 0.4) is 0 Å². The topological polar surface area (TPSA) is 77.1 Å². The lowest BCUT2D eigenvalue weighted by Gasteiger charge is -2.29. The van der Waals surface area contributed by atoms with Crippen LogP contribution in [-0.4, -0.2) is 30.8 Å². The SMILES string of the molecule is O=C(CCC(=O)N1CCOc2ccccc21)Nc1ccc2c(c1)OC1(CCCC1)O2. The molecule has 1 N–H and O–H groups in total. The molecule has 0 aromatic heterocycles. The van der Waals surface area contributed by atoms with Gasteiger partial charge in [-0.1, -0.05) is 12.1 Å². The van der Waals surface area contributed by atoms with Crippen LogP contribution in [0.4, 0.5) is 11.4 Å². The lowest BCUT2D eigenvalue weighted by molar-refractivity contribution is -0.122. The first-order chi connectivity index (χ1) is 14.6. The molecule has 0 unspecified atom stereocenters. The fraction of sp³-hybridized carbons (Fsp3) is 0.391. The van der Waals surface area contributed by atoms with E-state index in [1.807, 2.05) is 30.3 Å². The summed E-state index contributed by atoms with van der Waals surface area (Å²) in [5, 5.41) is 2.86. The number of carbonyl (C=O) groups excluding carboxylic acids is 2. The smallest absolute Gasteiger partial charge is 0.251 e. The highest BCUT2D eigenvalue weighted by Crippen LogP contribution is 2.47. The Labute approximate surface area is 174 Å². The van der Waals surface area contributed by atoms with Crippen LogP contribution in [0.1, 0.15) is 38.5 Å². The maximum Gasteiger partial charge on any atom is 0.251 e. The molecule has 1 aliphatic carbocycles. The van der Waals surface area contributed by atoms with Crippen LogP contribution < -0.4 is 24.4 Å². The normalized spacial score (nSPS) is 18.1. The number of anilines is 2. The summed E-state index contributed by atoms with van der Waals surface area (Å²) in [7, 11) is 0. The minimum absolute atomic E-state index is 0.0882. The Hall–Kier alpha value is -3.22. The second kappa shape index (κ2) is 7.55. The molecule has 1 fully saturated rings. The zero-order valence-corrected chi connectivity index (χ0v) is 16.7. The number of hydrogen-bond donors (Lipinski definition) is 1. The van der Waals surface area contributed by atoms with Gasteiger partial charge in [0, 0.05) is 37.4 Å². The van der Waals surface area contributed by atoms with Crippen molar-refractivity contribution in [1.82, 2.24) is 0 Å². The van der Waals surface area contributed by atoms with Gasteiger partial charge in [-0.05, 0) is 37.1 Å². The largest absolute Gasteiger partial charge is 0.490 e. The molecule has 2 amide bonds. The molecule has 0 bridgehead atoms. The average molecular weight is 408 g/mol. The monoisotopic (exact) mass is 408 g/mol. The van der Waals surface area contributed by atoms with Crippen molar-refractivity contribution in [2.24, 2.45) is 0 Å². The molecule has 0 saturated heterocycles. The molecule has 2 aromatic rings. The third-order valence-electron chi connectivity index (χ3n) is 5.78. The van der Waals surface area contributed by atoms with Gasteiger partial charge in [-0.3, -0.25) is 9.59 Å². The Kier molecular flexibility index (Phi) is 4.73. The molecule has 7 nitrogen and oxygen atoms in total. The minimum atomic E-state index is -0.522. The minimum Gasteiger partial charge on any atom is -0.490 e. The van der Waals surface area contributed by atoms with Crippen molar-refractivity contribution in [2.75, 3.05) is 23.4 Å². The number of para-hydroxylation sites is 2. The number of rotatable bonds is 4. The predicted molar refractivity (Wildman–Crippen MR) is 111 cm³/mol. The van der Waals surface area contributed by atoms with Crippen LogP contribution in [0.25, 0.3) is 0 Å². The summed E-state index contributed by atoms with van der Waals surface area (Å²) in [5.41, 5.74) is 1.40. The Bertz CT molecular complexity index is 983. The Balaban J connectivity index is 1.17.